The molecule has 0 unspecified atom stereocenters. The van der Waals surface area contributed by atoms with Gasteiger partial charge in [0.05, 0.1) is 10.2 Å². The standard InChI is InChI=1S/C21H25N3OS2/c1-4-23(5-2)13-14-24(19(25)12-11-17-9-7-15-26-17)21-22-20-16(3)8-6-10-18(20)27-21/h6-12,15H,4-5,13-14H2,1-3H3. The van der Waals surface area contributed by atoms with Crippen LogP contribution in [0.25, 0.3) is 16.3 Å². The SMILES string of the molecule is CCN(CC)CCN(C(=O)C=Cc1cccs1)c1nc2c(C)cccc2s1. The number of fused-ring (bicyclic) bond motifs is 1. The van der Waals surface area contributed by atoms with Crippen molar-refractivity contribution >= 4 is 50.0 Å². The Morgan fingerprint density at radius 2 is 1.96 bits per heavy atom. The molecule has 4 nitrogen and oxygen atoms in total. The summed E-state index contributed by atoms with van der Waals surface area (Å²) in [6, 6.07) is 10.2. The summed E-state index contributed by atoms with van der Waals surface area (Å²) in [5.74, 6) is -0.0211. The van der Waals surface area contributed by atoms with E-state index in [1.165, 1.54) is 0 Å². The molecular weight excluding hydrogens is 374 g/mol. The van der Waals surface area contributed by atoms with Gasteiger partial charge in [-0.05, 0) is 49.2 Å². The number of carbonyl (C=O) groups is 1. The molecule has 1 aromatic carbocycles. The lowest BCUT2D eigenvalue weighted by Gasteiger charge is -2.23. The maximum absolute atomic E-state index is 13.0. The Hall–Kier alpha value is -2.02. The smallest absolute Gasteiger partial charge is 0.252 e. The number of thiazole rings is 1. The van der Waals surface area contributed by atoms with E-state index in [0.29, 0.717) is 6.54 Å². The third-order valence-electron chi connectivity index (χ3n) is 4.57. The summed E-state index contributed by atoms with van der Waals surface area (Å²) < 4.78 is 1.12. The number of benzene rings is 1. The number of aryl methyl sites for hydroxylation is 1. The van der Waals surface area contributed by atoms with Crippen LogP contribution in [0.3, 0.4) is 0 Å². The Labute approximate surface area is 168 Å². The third-order valence-corrected chi connectivity index (χ3v) is 6.46. The maximum atomic E-state index is 13.0. The topological polar surface area (TPSA) is 36.4 Å². The van der Waals surface area contributed by atoms with E-state index in [1.54, 1.807) is 28.7 Å². The molecule has 0 saturated carbocycles. The van der Waals surface area contributed by atoms with Crippen LogP contribution >= 0.6 is 22.7 Å². The van der Waals surface area contributed by atoms with E-state index in [-0.39, 0.29) is 5.91 Å². The number of amides is 1. The molecule has 2 heterocycles. The molecule has 142 valence electrons. The van der Waals surface area contributed by atoms with E-state index in [1.807, 2.05) is 34.6 Å². The van der Waals surface area contributed by atoms with Crippen LogP contribution in [0, 0.1) is 6.92 Å². The number of rotatable bonds is 8. The highest BCUT2D eigenvalue weighted by Gasteiger charge is 2.19. The Morgan fingerprint density at radius 3 is 2.63 bits per heavy atom. The van der Waals surface area contributed by atoms with Crippen molar-refractivity contribution in [2.45, 2.75) is 20.8 Å². The van der Waals surface area contributed by atoms with Gasteiger partial charge in [-0.3, -0.25) is 9.69 Å². The van der Waals surface area contributed by atoms with Crippen molar-refractivity contribution in [1.29, 1.82) is 0 Å². The van der Waals surface area contributed by atoms with Crippen molar-refractivity contribution in [2.24, 2.45) is 0 Å². The van der Waals surface area contributed by atoms with Crippen LogP contribution < -0.4 is 4.90 Å². The molecular formula is C21H25N3OS2. The van der Waals surface area contributed by atoms with Crippen LogP contribution in [0.2, 0.25) is 0 Å². The first kappa shape index (κ1) is 19.7. The first-order chi connectivity index (χ1) is 13.1. The van der Waals surface area contributed by atoms with Crippen LogP contribution in [0.1, 0.15) is 24.3 Å². The van der Waals surface area contributed by atoms with Crippen LogP contribution in [-0.4, -0.2) is 42.0 Å². The zero-order valence-electron chi connectivity index (χ0n) is 16.0. The highest BCUT2D eigenvalue weighted by molar-refractivity contribution is 7.22. The highest BCUT2D eigenvalue weighted by atomic mass is 32.1. The van der Waals surface area contributed by atoms with Gasteiger partial charge in [0, 0.05) is 24.0 Å². The molecule has 0 bridgehead atoms. The summed E-state index contributed by atoms with van der Waals surface area (Å²) in [5.41, 5.74) is 2.13. The molecule has 0 aliphatic rings. The van der Waals surface area contributed by atoms with Crippen molar-refractivity contribution in [1.82, 2.24) is 9.88 Å². The number of likely N-dealkylation sites (N-methyl/N-ethyl adjacent to an activating group) is 1. The normalized spacial score (nSPS) is 11.7. The Kier molecular flexibility index (Phi) is 6.77. The number of nitrogens with zero attached hydrogens (tertiary/aromatic N) is 3. The van der Waals surface area contributed by atoms with Crippen LogP contribution in [0.4, 0.5) is 5.13 Å². The predicted molar refractivity (Wildman–Crippen MR) is 118 cm³/mol. The zero-order chi connectivity index (χ0) is 19.2. The van der Waals surface area contributed by atoms with E-state index in [2.05, 4.69) is 37.8 Å². The molecule has 3 aromatic rings. The van der Waals surface area contributed by atoms with Gasteiger partial charge in [0.2, 0.25) is 0 Å². The van der Waals surface area contributed by atoms with Crippen LogP contribution in [-0.2, 0) is 4.79 Å². The largest absolute Gasteiger partial charge is 0.302 e. The first-order valence-electron chi connectivity index (χ1n) is 9.24. The summed E-state index contributed by atoms with van der Waals surface area (Å²) in [4.78, 5) is 23.0. The zero-order valence-corrected chi connectivity index (χ0v) is 17.6. The average Bonchev–Trinajstić information content (AvgIpc) is 3.33. The lowest BCUT2D eigenvalue weighted by molar-refractivity contribution is -0.114. The molecule has 0 N–H and O–H groups in total. The lowest BCUT2D eigenvalue weighted by Crippen LogP contribution is -2.38. The molecule has 2 aromatic heterocycles. The summed E-state index contributed by atoms with van der Waals surface area (Å²) >= 11 is 3.21. The summed E-state index contributed by atoms with van der Waals surface area (Å²) in [6.07, 6.45) is 3.54. The summed E-state index contributed by atoms with van der Waals surface area (Å²) in [5, 5.41) is 2.78. The fourth-order valence-electron chi connectivity index (χ4n) is 2.90. The Bertz CT molecular complexity index is 911. The van der Waals surface area contributed by atoms with Crippen molar-refractivity contribution in [2.75, 3.05) is 31.1 Å². The minimum Gasteiger partial charge on any atom is -0.302 e. The van der Waals surface area contributed by atoms with Gasteiger partial charge in [-0.15, -0.1) is 11.3 Å². The van der Waals surface area contributed by atoms with E-state index >= 15 is 0 Å². The van der Waals surface area contributed by atoms with Crippen LogP contribution in [0.5, 0.6) is 0 Å². The van der Waals surface area contributed by atoms with Crippen LogP contribution in [0.15, 0.2) is 41.8 Å². The van der Waals surface area contributed by atoms with Gasteiger partial charge >= 0.3 is 0 Å². The van der Waals surface area contributed by atoms with E-state index in [9.17, 15) is 4.79 Å². The second-order valence-corrected chi connectivity index (χ2v) is 8.27. The van der Waals surface area contributed by atoms with Gasteiger partial charge in [0.1, 0.15) is 0 Å². The highest BCUT2D eigenvalue weighted by Crippen LogP contribution is 2.30. The monoisotopic (exact) mass is 399 g/mol. The summed E-state index contributed by atoms with van der Waals surface area (Å²) in [6.45, 7) is 9.77. The average molecular weight is 400 g/mol. The number of hydrogen-bond donors (Lipinski definition) is 0. The second-order valence-electron chi connectivity index (χ2n) is 6.28. The predicted octanol–water partition coefficient (Wildman–Crippen LogP) is 5.05. The number of anilines is 1. The summed E-state index contributed by atoms with van der Waals surface area (Å²) in [7, 11) is 0. The minimum absolute atomic E-state index is 0.0211. The van der Waals surface area contributed by atoms with E-state index in [4.69, 9.17) is 4.98 Å². The quantitative estimate of drug-likeness (QED) is 0.497. The number of hydrogen-bond acceptors (Lipinski definition) is 5. The van der Waals surface area contributed by atoms with Gasteiger partial charge in [-0.1, -0.05) is 43.4 Å². The lowest BCUT2D eigenvalue weighted by atomic mass is 10.2. The molecule has 3 rings (SSSR count). The Morgan fingerprint density at radius 1 is 1.15 bits per heavy atom. The van der Waals surface area contributed by atoms with Gasteiger partial charge in [-0.25, -0.2) is 4.98 Å². The third kappa shape index (κ3) is 4.83. The van der Waals surface area contributed by atoms with Crippen molar-refractivity contribution in [3.05, 3.63) is 52.2 Å². The molecule has 1 amide bonds. The molecule has 0 radical (unpaired) electrons. The van der Waals surface area contributed by atoms with Crippen molar-refractivity contribution in [3.8, 4) is 0 Å². The second kappa shape index (κ2) is 9.26. The van der Waals surface area contributed by atoms with E-state index in [0.717, 1.165) is 45.4 Å². The van der Waals surface area contributed by atoms with Gasteiger partial charge in [0.15, 0.2) is 5.13 Å². The van der Waals surface area contributed by atoms with Gasteiger partial charge < -0.3 is 4.90 Å². The number of para-hydroxylation sites is 1. The molecule has 0 aliphatic heterocycles. The molecule has 0 fully saturated rings. The fraction of sp³-hybridized carbons (Fsp3) is 0.333. The molecule has 0 atom stereocenters. The minimum atomic E-state index is -0.0211. The van der Waals surface area contributed by atoms with Gasteiger partial charge in [0.25, 0.3) is 5.91 Å². The molecule has 6 heteroatoms. The fourth-order valence-corrected chi connectivity index (χ4v) is 4.59. The number of carbonyl (C=O) groups excluding carboxylic acids is 1. The molecule has 27 heavy (non-hydrogen) atoms. The number of thiophene rings is 1. The maximum Gasteiger partial charge on any atom is 0.252 e. The van der Waals surface area contributed by atoms with Gasteiger partial charge in [-0.2, -0.15) is 0 Å². The van der Waals surface area contributed by atoms with Crippen molar-refractivity contribution < 1.29 is 4.79 Å². The Balaban J connectivity index is 1.87. The molecule has 0 saturated heterocycles. The molecule has 0 spiro atoms. The molecule has 0 aliphatic carbocycles. The number of aromatic nitrogens is 1. The van der Waals surface area contributed by atoms with Crippen molar-refractivity contribution in [3.63, 3.8) is 0 Å². The van der Waals surface area contributed by atoms with E-state index < -0.39 is 0 Å². The first-order valence-corrected chi connectivity index (χ1v) is 10.9.